The van der Waals surface area contributed by atoms with Crippen molar-refractivity contribution in [2.24, 2.45) is 12.8 Å². The number of aryl methyl sites for hydroxylation is 1. The summed E-state index contributed by atoms with van der Waals surface area (Å²) in [7, 11) is -0.446. The smallest absolute Gasteiger partial charge is 0.250 e. The summed E-state index contributed by atoms with van der Waals surface area (Å²) in [5.74, 6) is -1.30. The molecular formula is C24H25FN2O5S. The van der Waals surface area contributed by atoms with Gasteiger partial charge in [0, 0.05) is 48.3 Å². The average Bonchev–Trinajstić information content (AvgIpc) is 2.80. The molecule has 2 aromatic carbocycles. The SMILES string of the molecule is CCS(=O)(=O)Cc1ccc(C(=O)c2ccc(F)c(OC)c2)c(-c2cn(C)c(=O)cc2CN)c1. The summed E-state index contributed by atoms with van der Waals surface area (Å²) in [5, 5.41) is 0. The third kappa shape index (κ3) is 5.20. The molecule has 33 heavy (non-hydrogen) atoms. The summed E-state index contributed by atoms with van der Waals surface area (Å²) in [4.78, 5) is 25.6. The lowest BCUT2D eigenvalue weighted by Gasteiger charge is -2.16. The van der Waals surface area contributed by atoms with Gasteiger partial charge in [0.1, 0.15) is 0 Å². The standard InChI is InChI=1S/C24H25FN2O5S/c1-4-33(30,31)14-15-5-7-18(24(29)16-6-8-21(25)22(10-16)32-3)19(9-15)20-13-27(2)23(28)11-17(20)12-26/h5-11,13H,4,12,14,26H2,1-3H3. The molecule has 0 spiro atoms. The van der Waals surface area contributed by atoms with Crippen molar-refractivity contribution in [1.82, 2.24) is 4.57 Å². The van der Waals surface area contributed by atoms with Gasteiger partial charge in [-0.15, -0.1) is 0 Å². The summed E-state index contributed by atoms with van der Waals surface area (Å²) < 4.78 is 44.6. The van der Waals surface area contributed by atoms with Gasteiger partial charge in [-0.1, -0.05) is 19.1 Å². The first kappa shape index (κ1) is 24.3. The molecule has 0 atom stereocenters. The van der Waals surface area contributed by atoms with Gasteiger partial charge in [0.2, 0.25) is 0 Å². The van der Waals surface area contributed by atoms with Crippen molar-refractivity contribution in [3.63, 3.8) is 0 Å². The monoisotopic (exact) mass is 472 g/mol. The molecule has 0 saturated carbocycles. The zero-order valence-electron chi connectivity index (χ0n) is 18.6. The van der Waals surface area contributed by atoms with Gasteiger partial charge in [-0.3, -0.25) is 9.59 Å². The molecule has 0 amide bonds. The number of sulfone groups is 1. The highest BCUT2D eigenvalue weighted by molar-refractivity contribution is 7.90. The molecule has 0 bridgehead atoms. The van der Waals surface area contributed by atoms with Crippen LogP contribution in [0.3, 0.4) is 0 Å². The predicted octanol–water partition coefficient (Wildman–Crippen LogP) is 2.82. The number of halogens is 1. The average molecular weight is 473 g/mol. The summed E-state index contributed by atoms with van der Waals surface area (Å²) in [5.41, 5.74) is 8.04. The number of carbonyl (C=O) groups is 1. The number of carbonyl (C=O) groups excluding carboxylic acids is 1. The molecule has 1 heterocycles. The molecule has 2 N–H and O–H groups in total. The maximum absolute atomic E-state index is 13.9. The zero-order chi connectivity index (χ0) is 24.3. The molecule has 3 rings (SSSR count). The molecule has 9 heteroatoms. The number of methoxy groups -OCH3 is 1. The van der Waals surface area contributed by atoms with Crippen molar-refractivity contribution in [3.05, 3.63) is 87.1 Å². The fourth-order valence-electron chi connectivity index (χ4n) is 3.49. The lowest BCUT2D eigenvalue weighted by atomic mass is 9.91. The summed E-state index contributed by atoms with van der Waals surface area (Å²) in [6, 6.07) is 9.94. The second kappa shape index (κ2) is 9.68. The van der Waals surface area contributed by atoms with Gasteiger partial charge in [-0.05, 0) is 41.0 Å². The Morgan fingerprint density at radius 2 is 1.85 bits per heavy atom. The van der Waals surface area contributed by atoms with E-state index >= 15 is 0 Å². The van der Waals surface area contributed by atoms with Gasteiger partial charge in [-0.25, -0.2) is 12.8 Å². The van der Waals surface area contributed by atoms with Crippen LogP contribution in [0.2, 0.25) is 0 Å². The van der Waals surface area contributed by atoms with E-state index in [0.717, 1.165) is 6.07 Å². The van der Waals surface area contributed by atoms with E-state index in [0.29, 0.717) is 22.3 Å². The molecular weight excluding hydrogens is 447 g/mol. The molecule has 0 saturated heterocycles. The van der Waals surface area contributed by atoms with Crippen LogP contribution in [0.4, 0.5) is 4.39 Å². The van der Waals surface area contributed by atoms with Crippen LogP contribution in [0.25, 0.3) is 11.1 Å². The number of hydrogen-bond donors (Lipinski definition) is 1. The molecule has 174 valence electrons. The van der Waals surface area contributed by atoms with Gasteiger partial charge in [0.05, 0.1) is 12.9 Å². The quantitative estimate of drug-likeness (QED) is 0.505. The van der Waals surface area contributed by atoms with E-state index in [4.69, 9.17) is 10.5 Å². The van der Waals surface area contributed by atoms with Gasteiger partial charge < -0.3 is 15.0 Å². The maximum Gasteiger partial charge on any atom is 0.250 e. The number of hydrogen-bond acceptors (Lipinski definition) is 6. The Morgan fingerprint density at radius 1 is 1.12 bits per heavy atom. The highest BCUT2D eigenvalue weighted by atomic mass is 32.2. The van der Waals surface area contributed by atoms with Crippen molar-refractivity contribution >= 4 is 15.6 Å². The van der Waals surface area contributed by atoms with Crippen molar-refractivity contribution < 1.29 is 22.3 Å². The van der Waals surface area contributed by atoms with Crippen LogP contribution in [-0.2, 0) is 29.2 Å². The molecule has 0 unspecified atom stereocenters. The highest BCUT2D eigenvalue weighted by Crippen LogP contribution is 2.31. The summed E-state index contributed by atoms with van der Waals surface area (Å²) in [6.45, 7) is 1.61. The van der Waals surface area contributed by atoms with Crippen LogP contribution >= 0.6 is 0 Å². The van der Waals surface area contributed by atoms with E-state index in [1.807, 2.05) is 0 Å². The molecule has 7 nitrogen and oxygen atoms in total. The van der Waals surface area contributed by atoms with Crippen LogP contribution in [0, 0.1) is 5.82 Å². The fourth-order valence-corrected chi connectivity index (χ4v) is 4.39. The topological polar surface area (TPSA) is 108 Å². The second-order valence-electron chi connectivity index (χ2n) is 7.60. The molecule has 0 fully saturated rings. The zero-order valence-corrected chi connectivity index (χ0v) is 19.4. The lowest BCUT2D eigenvalue weighted by molar-refractivity contribution is 0.103. The Hall–Kier alpha value is -3.30. The number of nitrogens with two attached hydrogens (primary N) is 1. The number of benzene rings is 2. The van der Waals surface area contributed by atoms with Crippen molar-refractivity contribution in [2.45, 2.75) is 19.2 Å². The van der Waals surface area contributed by atoms with E-state index in [2.05, 4.69) is 0 Å². The Balaban J connectivity index is 2.26. The lowest BCUT2D eigenvalue weighted by Crippen LogP contribution is -2.18. The number of aromatic nitrogens is 1. The van der Waals surface area contributed by atoms with E-state index in [9.17, 15) is 22.4 Å². The van der Waals surface area contributed by atoms with Gasteiger partial charge in [0.25, 0.3) is 5.56 Å². The number of ketones is 1. The Morgan fingerprint density at radius 3 is 2.48 bits per heavy atom. The third-order valence-corrected chi connectivity index (χ3v) is 7.05. The van der Waals surface area contributed by atoms with Crippen molar-refractivity contribution in [2.75, 3.05) is 12.9 Å². The van der Waals surface area contributed by atoms with E-state index in [1.54, 1.807) is 38.4 Å². The molecule has 0 aliphatic rings. The summed E-state index contributed by atoms with van der Waals surface area (Å²) in [6.07, 6.45) is 1.57. The van der Waals surface area contributed by atoms with Gasteiger partial charge in [-0.2, -0.15) is 0 Å². The molecule has 0 aliphatic carbocycles. The molecule has 1 aromatic heterocycles. The minimum atomic E-state index is -3.32. The predicted molar refractivity (Wildman–Crippen MR) is 125 cm³/mol. The highest BCUT2D eigenvalue weighted by Gasteiger charge is 2.21. The normalized spacial score (nSPS) is 11.4. The minimum absolute atomic E-state index is 0.0215. The Bertz CT molecular complexity index is 1380. The number of ether oxygens (including phenoxy) is 1. The second-order valence-corrected chi connectivity index (χ2v) is 9.95. The maximum atomic E-state index is 13.9. The minimum Gasteiger partial charge on any atom is -0.494 e. The van der Waals surface area contributed by atoms with Crippen LogP contribution in [0.5, 0.6) is 5.75 Å². The van der Waals surface area contributed by atoms with Crippen molar-refractivity contribution in [1.29, 1.82) is 0 Å². The van der Waals surface area contributed by atoms with Crippen molar-refractivity contribution in [3.8, 4) is 16.9 Å². The van der Waals surface area contributed by atoms with Crippen LogP contribution in [-0.4, -0.2) is 31.6 Å². The number of pyridine rings is 1. The fraction of sp³-hybridized carbons (Fsp3) is 0.250. The first-order valence-electron chi connectivity index (χ1n) is 10.2. The van der Waals surface area contributed by atoms with Crippen LogP contribution in [0.1, 0.15) is 34.0 Å². The largest absolute Gasteiger partial charge is 0.494 e. The first-order valence-corrected chi connectivity index (χ1v) is 12.0. The Labute approximate surface area is 191 Å². The van der Waals surface area contributed by atoms with E-state index in [-0.39, 0.29) is 40.5 Å². The van der Waals surface area contributed by atoms with E-state index in [1.165, 1.54) is 29.9 Å². The molecule has 0 radical (unpaired) electrons. The third-order valence-electron chi connectivity index (χ3n) is 5.39. The summed E-state index contributed by atoms with van der Waals surface area (Å²) >= 11 is 0. The molecule has 3 aromatic rings. The van der Waals surface area contributed by atoms with E-state index < -0.39 is 21.4 Å². The van der Waals surface area contributed by atoms with Crippen LogP contribution in [0.15, 0.2) is 53.5 Å². The Kier molecular flexibility index (Phi) is 7.14. The van der Waals surface area contributed by atoms with Gasteiger partial charge >= 0.3 is 0 Å². The number of nitrogens with zero attached hydrogens (tertiary/aromatic N) is 1. The number of rotatable bonds is 8. The van der Waals surface area contributed by atoms with Crippen LogP contribution < -0.4 is 16.0 Å². The first-order chi connectivity index (χ1) is 15.6. The van der Waals surface area contributed by atoms with Gasteiger partial charge in [0.15, 0.2) is 27.2 Å². The molecule has 0 aliphatic heterocycles.